The number of aliphatic carboxylic acids is 1. The van der Waals surface area contributed by atoms with Gasteiger partial charge in [-0.15, -0.1) is 0 Å². The van der Waals surface area contributed by atoms with Crippen molar-refractivity contribution < 1.29 is 33.0 Å². The fourth-order valence-electron chi connectivity index (χ4n) is 1.32. The summed E-state index contributed by atoms with van der Waals surface area (Å²) < 4.78 is 31.7. The van der Waals surface area contributed by atoms with E-state index in [9.17, 15) is 18.0 Å². The first-order valence-electron chi connectivity index (χ1n) is 5.81. The summed E-state index contributed by atoms with van der Waals surface area (Å²) in [5.41, 5.74) is 0.204. The van der Waals surface area contributed by atoms with Crippen molar-refractivity contribution in [1.29, 1.82) is 0 Å². The number of aromatic nitrogens is 1. The molecule has 22 heavy (non-hydrogen) atoms. The van der Waals surface area contributed by atoms with Gasteiger partial charge in [-0.25, -0.2) is 14.6 Å². The quantitative estimate of drug-likeness (QED) is 0.870. The second-order valence-corrected chi connectivity index (χ2v) is 3.94. The van der Waals surface area contributed by atoms with Gasteiger partial charge < -0.3 is 15.1 Å². The number of hydrogen-bond acceptors (Lipinski definition) is 4. The number of pyridine rings is 1. The monoisotopic (exact) mass is 316 g/mol. The Kier molecular flexibility index (Phi) is 5.67. The molecule has 0 unspecified atom stereocenters. The molecule has 9 heteroatoms. The van der Waals surface area contributed by atoms with E-state index in [1.165, 1.54) is 6.20 Å². The van der Waals surface area contributed by atoms with Crippen molar-refractivity contribution in [3.8, 4) is 0 Å². The standard InChI is InChI=1S/C11H10N2O2.C2HF3O2/c14-11(15)9-4-5-10(12-8-9)13-6-2-1-3-7-13;3-2(4,5)1(6)7/h1-6,8H,7H2,(H,14,15);(H,6,7). The molecule has 0 spiro atoms. The third-order valence-corrected chi connectivity index (χ3v) is 2.35. The van der Waals surface area contributed by atoms with E-state index in [2.05, 4.69) is 4.98 Å². The lowest BCUT2D eigenvalue weighted by molar-refractivity contribution is -0.192. The van der Waals surface area contributed by atoms with Crippen molar-refractivity contribution in [3.05, 3.63) is 48.3 Å². The van der Waals surface area contributed by atoms with Gasteiger partial charge in [0.2, 0.25) is 0 Å². The van der Waals surface area contributed by atoms with Gasteiger partial charge in [0.25, 0.3) is 0 Å². The van der Waals surface area contributed by atoms with E-state index in [4.69, 9.17) is 15.0 Å². The van der Waals surface area contributed by atoms with Crippen molar-refractivity contribution in [3.63, 3.8) is 0 Å². The second kappa shape index (κ2) is 7.25. The normalized spacial score (nSPS) is 13.3. The SMILES string of the molecule is O=C(O)C(F)(F)F.O=C(O)c1ccc(N2C=CC=CC2)nc1. The summed E-state index contributed by atoms with van der Waals surface area (Å²) in [5, 5.41) is 15.8. The van der Waals surface area contributed by atoms with E-state index in [-0.39, 0.29) is 5.56 Å². The minimum atomic E-state index is -5.08. The molecule has 0 saturated carbocycles. The smallest absolute Gasteiger partial charge is 0.478 e. The van der Waals surface area contributed by atoms with Gasteiger partial charge in [0.15, 0.2) is 0 Å². The molecular formula is C13H11F3N2O4. The zero-order valence-electron chi connectivity index (χ0n) is 11.0. The fraction of sp³-hybridized carbons (Fsp3) is 0.154. The average Bonchev–Trinajstić information content (AvgIpc) is 2.48. The van der Waals surface area contributed by atoms with Crippen LogP contribution in [0.4, 0.5) is 19.0 Å². The Morgan fingerprint density at radius 3 is 2.18 bits per heavy atom. The van der Waals surface area contributed by atoms with Crippen LogP contribution in [0.3, 0.4) is 0 Å². The summed E-state index contributed by atoms with van der Waals surface area (Å²) in [5.74, 6) is -2.96. The molecule has 1 aromatic rings. The van der Waals surface area contributed by atoms with Gasteiger partial charge in [-0.1, -0.05) is 12.2 Å². The van der Waals surface area contributed by atoms with E-state index in [0.717, 1.165) is 12.4 Å². The van der Waals surface area contributed by atoms with E-state index < -0.39 is 18.1 Å². The molecular weight excluding hydrogens is 305 g/mol. The summed E-state index contributed by atoms with van der Waals surface area (Å²) in [6.45, 7) is 0.760. The van der Waals surface area contributed by atoms with Crippen molar-refractivity contribution in [2.75, 3.05) is 11.4 Å². The lowest BCUT2D eigenvalue weighted by atomic mass is 10.2. The molecule has 0 amide bonds. The van der Waals surface area contributed by atoms with Crippen molar-refractivity contribution >= 4 is 17.8 Å². The van der Waals surface area contributed by atoms with Gasteiger partial charge in [-0.3, -0.25) is 0 Å². The third kappa shape index (κ3) is 5.27. The Hall–Kier alpha value is -2.84. The highest BCUT2D eigenvalue weighted by Gasteiger charge is 2.38. The first-order chi connectivity index (χ1) is 10.2. The first-order valence-corrected chi connectivity index (χ1v) is 5.81. The molecule has 0 aliphatic carbocycles. The maximum Gasteiger partial charge on any atom is 0.490 e. The molecule has 0 bridgehead atoms. The largest absolute Gasteiger partial charge is 0.490 e. The maximum absolute atomic E-state index is 10.6. The molecule has 118 valence electrons. The minimum absolute atomic E-state index is 0.204. The number of anilines is 1. The van der Waals surface area contributed by atoms with Crippen molar-refractivity contribution in [2.24, 2.45) is 0 Å². The summed E-state index contributed by atoms with van der Waals surface area (Å²) in [4.78, 5) is 25.5. The molecule has 2 N–H and O–H groups in total. The molecule has 6 nitrogen and oxygen atoms in total. The lowest BCUT2D eigenvalue weighted by Crippen LogP contribution is -2.21. The summed E-state index contributed by atoms with van der Waals surface area (Å²) in [6.07, 6.45) is 4.07. The van der Waals surface area contributed by atoms with Gasteiger partial charge in [0, 0.05) is 18.9 Å². The van der Waals surface area contributed by atoms with Crippen LogP contribution in [-0.2, 0) is 4.79 Å². The third-order valence-electron chi connectivity index (χ3n) is 2.35. The highest BCUT2D eigenvalue weighted by Crippen LogP contribution is 2.14. The molecule has 2 rings (SSSR count). The second-order valence-electron chi connectivity index (χ2n) is 3.94. The summed E-state index contributed by atoms with van der Waals surface area (Å²) >= 11 is 0. The number of rotatable bonds is 2. The molecule has 0 aromatic carbocycles. The average molecular weight is 316 g/mol. The van der Waals surface area contributed by atoms with Crippen LogP contribution in [0.1, 0.15) is 10.4 Å². The zero-order valence-corrected chi connectivity index (χ0v) is 11.0. The van der Waals surface area contributed by atoms with Gasteiger partial charge in [-0.05, 0) is 18.2 Å². The number of nitrogens with zero attached hydrogens (tertiary/aromatic N) is 2. The highest BCUT2D eigenvalue weighted by molar-refractivity contribution is 5.87. The van der Waals surface area contributed by atoms with E-state index in [1.54, 1.807) is 12.1 Å². The maximum atomic E-state index is 10.6. The van der Waals surface area contributed by atoms with E-state index in [1.807, 2.05) is 29.3 Å². The topological polar surface area (TPSA) is 90.7 Å². The highest BCUT2D eigenvalue weighted by atomic mass is 19.4. The summed E-state index contributed by atoms with van der Waals surface area (Å²) in [6, 6.07) is 3.25. The number of aromatic carboxylic acids is 1. The number of carboxylic acids is 2. The number of carboxylic acid groups (broad SMARTS) is 2. The zero-order chi connectivity index (χ0) is 16.8. The Bertz CT molecular complexity index is 594. The van der Waals surface area contributed by atoms with Crippen LogP contribution >= 0.6 is 0 Å². The lowest BCUT2D eigenvalue weighted by Gasteiger charge is -2.19. The molecule has 2 heterocycles. The van der Waals surface area contributed by atoms with Gasteiger partial charge in [0.05, 0.1) is 5.56 Å². The minimum Gasteiger partial charge on any atom is -0.478 e. The Labute approximate surface area is 122 Å². The molecule has 1 aliphatic heterocycles. The van der Waals surface area contributed by atoms with Gasteiger partial charge >= 0.3 is 18.1 Å². The fourth-order valence-corrected chi connectivity index (χ4v) is 1.32. The van der Waals surface area contributed by atoms with E-state index >= 15 is 0 Å². The van der Waals surface area contributed by atoms with Crippen LogP contribution in [-0.4, -0.2) is 39.9 Å². The first kappa shape index (κ1) is 17.2. The van der Waals surface area contributed by atoms with Crippen LogP contribution in [0.25, 0.3) is 0 Å². The molecule has 0 saturated heterocycles. The predicted octanol–water partition coefficient (Wildman–Crippen LogP) is 2.30. The van der Waals surface area contributed by atoms with Crippen LogP contribution in [0.15, 0.2) is 42.8 Å². The van der Waals surface area contributed by atoms with Crippen LogP contribution in [0.5, 0.6) is 0 Å². The molecule has 1 aromatic heterocycles. The Balaban J connectivity index is 0.000000295. The Morgan fingerprint density at radius 1 is 1.18 bits per heavy atom. The number of alkyl halides is 3. The molecule has 0 radical (unpaired) electrons. The molecule has 0 atom stereocenters. The van der Waals surface area contributed by atoms with Crippen molar-refractivity contribution in [2.45, 2.75) is 6.18 Å². The van der Waals surface area contributed by atoms with Crippen LogP contribution in [0.2, 0.25) is 0 Å². The van der Waals surface area contributed by atoms with Crippen LogP contribution in [0, 0.1) is 0 Å². The number of carbonyl (C=O) groups is 2. The number of hydrogen-bond donors (Lipinski definition) is 2. The van der Waals surface area contributed by atoms with E-state index in [0.29, 0.717) is 0 Å². The molecule has 0 fully saturated rings. The Morgan fingerprint density at radius 2 is 1.82 bits per heavy atom. The van der Waals surface area contributed by atoms with Gasteiger partial charge in [-0.2, -0.15) is 13.2 Å². The number of allylic oxidation sites excluding steroid dienone is 2. The predicted molar refractivity (Wildman–Crippen MR) is 70.5 cm³/mol. The molecule has 1 aliphatic rings. The van der Waals surface area contributed by atoms with Gasteiger partial charge in [0.1, 0.15) is 5.82 Å². The number of halogens is 3. The van der Waals surface area contributed by atoms with Crippen molar-refractivity contribution in [1.82, 2.24) is 4.98 Å². The summed E-state index contributed by atoms with van der Waals surface area (Å²) in [7, 11) is 0. The van der Waals surface area contributed by atoms with Crippen LogP contribution < -0.4 is 4.90 Å².